The molecule has 0 radical (unpaired) electrons. The molecule has 0 spiro atoms. The van der Waals surface area contributed by atoms with Crippen molar-refractivity contribution in [2.24, 2.45) is 0 Å². The van der Waals surface area contributed by atoms with Crippen molar-refractivity contribution >= 4 is 23.2 Å². The minimum Gasteiger partial charge on any atom is -0.322 e. The van der Waals surface area contributed by atoms with E-state index in [4.69, 9.17) is 0 Å². The minimum atomic E-state index is -0.111. The maximum atomic E-state index is 13.0. The summed E-state index contributed by atoms with van der Waals surface area (Å²) in [7, 11) is 0. The molecule has 25 heavy (non-hydrogen) atoms. The molecule has 3 aromatic rings. The summed E-state index contributed by atoms with van der Waals surface area (Å²) in [4.78, 5) is 13.0. The molecule has 0 heterocycles. The third-order valence-electron chi connectivity index (χ3n) is 3.92. The average molecular weight is 327 g/mol. The summed E-state index contributed by atoms with van der Waals surface area (Å²) >= 11 is 0. The molecule has 0 saturated heterocycles. The number of amides is 1. The number of carbonyl (C=O) groups is 1. The number of aryl methyl sites for hydroxylation is 2. The second-order valence-electron chi connectivity index (χ2n) is 6.17. The van der Waals surface area contributed by atoms with Gasteiger partial charge in [0.25, 0.3) is 5.91 Å². The molecule has 1 N–H and O–H groups in total. The number of benzene rings is 3. The normalized spacial score (nSPS) is 11.2. The third-order valence-corrected chi connectivity index (χ3v) is 3.92. The molecule has 2 heteroatoms. The fraction of sp³-hybridized carbons (Fsp3) is 0.0870. The Morgan fingerprint density at radius 3 is 1.96 bits per heavy atom. The van der Waals surface area contributed by atoms with Gasteiger partial charge in [0.05, 0.1) is 0 Å². The summed E-state index contributed by atoms with van der Waals surface area (Å²) in [6.45, 7) is 4.06. The highest BCUT2D eigenvalue weighted by Gasteiger charge is 2.12. The first-order valence-electron chi connectivity index (χ1n) is 8.33. The van der Waals surface area contributed by atoms with Crippen LogP contribution in [0.3, 0.4) is 0 Å². The lowest BCUT2D eigenvalue weighted by molar-refractivity contribution is -0.111. The summed E-state index contributed by atoms with van der Waals surface area (Å²) in [6, 6.07) is 25.7. The smallest absolute Gasteiger partial charge is 0.256 e. The van der Waals surface area contributed by atoms with E-state index in [0.29, 0.717) is 5.57 Å². The fourth-order valence-electron chi connectivity index (χ4n) is 2.86. The lowest BCUT2D eigenvalue weighted by atomic mass is 10.0. The molecule has 0 fully saturated rings. The molecule has 0 aliphatic heterocycles. The van der Waals surface area contributed by atoms with Gasteiger partial charge >= 0.3 is 0 Å². The number of hydrogen-bond acceptors (Lipinski definition) is 1. The van der Waals surface area contributed by atoms with Crippen molar-refractivity contribution in [2.45, 2.75) is 13.8 Å². The van der Waals surface area contributed by atoms with E-state index in [-0.39, 0.29) is 5.91 Å². The molecule has 0 aromatic heterocycles. The molecule has 1 amide bonds. The van der Waals surface area contributed by atoms with Crippen LogP contribution < -0.4 is 5.32 Å². The molecule has 0 aliphatic rings. The van der Waals surface area contributed by atoms with Crippen molar-refractivity contribution in [3.63, 3.8) is 0 Å². The van der Waals surface area contributed by atoms with Gasteiger partial charge in [-0.3, -0.25) is 4.79 Å². The first kappa shape index (κ1) is 16.7. The molecule has 0 atom stereocenters. The van der Waals surface area contributed by atoms with E-state index >= 15 is 0 Å². The Kier molecular flexibility index (Phi) is 5.10. The van der Waals surface area contributed by atoms with Gasteiger partial charge in [0.1, 0.15) is 0 Å². The Bertz CT molecular complexity index is 876. The maximum Gasteiger partial charge on any atom is 0.256 e. The summed E-state index contributed by atoms with van der Waals surface area (Å²) in [6.07, 6.45) is 1.92. The zero-order valence-electron chi connectivity index (χ0n) is 14.5. The van der Waals surface area contributed by atoms with Crippen LogP contribution in [0.5, 0.6) is 0 Å². The molecular formula is C23H21NO. The van der Waals surface area contributed by atoms with Crippen LogP contribution in [0.15, 0.2) is 78.9 Å². The lowest BCUT2D eigenvalue weighted by Gasteiger charge is -2.11. The summed E-state index contributed by atoms with van der Waals surface area (Å²) < 4.78 is 0. The number of nitrogens with one attached hydrogen (secondary N) is 1. The molecule has 3 aromatic carbocycles. The fourth-order valence-corrected chi connectivity index (χ4v) is 2.86. The van der Waals surface area contributed by atoms with Crippen molar-refractivity contribution in [1.29, 1.82) is 0 Å². The van der Waals surface area contributed by atoms with E-state index in [1.165, 1.54) is 0 Å². The van der Waals surface area contributed by atoms with Gasteiger partial charge in [-0.1, -0.05) is 66.7 Å². The predicted octanol–water partition coefficient (Wildman–Crippen LogP) is 5.48. The van der Waals surface area contributed by atoms with Crippen LogP contribution >= 0.6 is 0 Å². The summed E-state index contributed by atoms with van der Waals surface area (Å²) in [5, 5.41) is 3.04. The van der Waals surface area contributed by atoms with Crippen molar-refractivity contribution in [1.82, 2.24) is 0 Å². The second-order valence-corrected chi connectivity index (χ2v) is 6.17. The van der Waals surface area contributed by atoms with Crippen LogP contribution in [-0.4, -0.2) is 5.91 Å². The van der Waals surface area contributed by atoms with E-state index in [9.17, 15) is 4.79 Å². The molecule has 0 aliphatic carbocycles. The van der Waals surface area contributed by atoms with E-state index < -0.39 is 0 Å². The average Bonchev–Trinajstić information content (AvgIpc) is 2.60. The Hall–Kier alpha value is -3.13. The largest absolute Gasteiger partial charge is 0.322 e. The first-order valence-corrected chi connectivity index (χ1v) is 8.33. The van der Waals surface area contributed by atoms with Crippen molar-refractivity contribution < 1.29 is 4.79 Å². The molecule has 0 bridgehead atoms. The second kappa shape index (κ2) is 7.63. The number of anilines is 1. The Labute approximate surface area is 148 Å². The van der Waals surface area contributed by atoms with Gasteiger partial charge in [0, 0.05) is 11.3 Å². The van der Waals surface area contributed by atoms with Crippen LogP contribution in [0.1, 0.15) is 22.3 Å². The Morgan fingerprint density at radius 2 is 1.36 bits per heavy atom. The van der Waals surface area contributed by atoms with Gasteiger partial charge in [-0.15, -0.1) is 0 Å². The SMILES string of the molecule is Cc1cc(C)cc(NC(=O)C(=Cc2ccccc2)c2ccccc2)c1. The number of rotatable bonds is 4. The van der Waals surface area contributed by atoms with Crippen LogP contribution in [0.2, 0.25) is 0 Å². The van der Waals surface area contributed by atoms with Crippen molar-refractivity contribution in [3.05, 3.63) is 101 Å². The van der Waals surface area contributed by atoms with Crippen molar-refractivity contribution in [2.75, 3.05) is 5.32 Å². The number of hydrogen-bond donors (Lipinski definition) is 1. The van der Waals surface area contributed by atoms with E-state index in [1.54, 1.807) is 0 Å². The van der Waals surface area contributed by atoms with Gasteiger partial charge in [0.15, 0.2) is 0 Å². The molecule has 124 valence electrons. The molecule has 0 saturated carbocycles. The third kappa shape index (κ3) is 4.45. The van der Waals surface area contributed by atoms with E-state index in [2.05, 4.69) is 11.4 Å². The minimum absolute atomic E-state index is 0.111. The van der Waals surface area contributed by atoms with Gasteiger partial charge in [0.2, 0.25) is 0 Å². The van der Waals surface area contributed by atoms with Crippen LogP contribution in [-0.2, 0) is 4.79 Å². The number of carbonyl (C=O) groups excluding carboxylic acids is 1. The highest BCUT2D eigenvalue weighted by molar-refractivity contribution is 6.29. The lowest BCUT2D eigenvalue weighted by Crippen LogP contribution is -2.14. The first-order chi connectivity index (χ1) is 12.1. The Morgan fingerprint density at radius 1 is 0.800 bits per heavy atom. The molecular weight excluding hydrogens is 306 g/mol. The van der Waals surface area contributed by atoms with Gasteiger partial charge in [-0.05, 0) is 54.3 Å². The highest BCUT2D eigenvalue weighted by atomic mass is 16.1. The quantitative estimate of drug-likeness (QED) is 0.499. The van der Waals surface area contributed by atoms with E-state index in [1.807, 2.05) is 92.7 Å². The standard InChI is InChI=1S/C23H21NO/c1-17-13-18(2)15-21(14-17)24-23(25)22(20-11-7-4-8-12-20)16-19-9-5-3-6-10-19/h3-16H,1-2H3,(H,24,25). The highest BCUT2D eigenvalue weighted by Crippen LogP contribution is 2.21. The zero-order valence-corrected chi connectivity index (χ0v) is 14.5. The van der Waals surface area contributed by atoms with Crippen LogP contribution in [0.4, 0.5) is 5.69 Å². The van der Waals surface area contributed by atoms with E-state index in [0.717, 1.165) is 27.9 Å². The molecule has 3 rings (SSSR count). The zero-order chi connectivity index (χ0) is 17.6. The molecule has 2 nitrogen and oxygen atoms in total. The van der Waals surface area contributed by atoms with Gasteiger partial charge in [-0.2, -0.15) is 0 Å². The summed E-state index contributed by atoms with van der Waals surface area (Å²) in [5.74, 6) is -0.111. The predicted molar refractivity (Wildman–Crippen MR) is 105 cm³/mol. The van der Waals surface area contributed by atoms with Gasteiger partial charge < -0.3 is 5.32 Å². The molecule has 0 unspecified atom stereocenters. The Balaban J connectivity index is 1.96. The monoisotopic (exact) mass is 327 g/mol. The topological polar surface area (TPSA) is 29.1 Å². The summed E-state index contributed by atoms with van der Waals surface area (Å²) in [5.41, 5.74) is 5.61. The van der Waals surface area contributed by atoms with Crippen molar-refractivity contribution in [3.8, 4) is 0 Å². The van der Waals surface area contributed by atoms with Crippen LogP contribution in [0, 0.1) is 13.8 Å². The van der Waals surface area contributed by atoms with Gasteiger partial charge in [-0.25, -0.2) is 0 Å². The van der Waals surface area contributed by atoms with Crippen LogP contribution in [0.25, 0.3) is 11.6 Å². The maximum absolute atomic E-state index is 13.0.